The van der Waals surface area contributed by atoms with E-state index in [0.29, 0.717) is 5.92 Å². The smallest absolute Gasteiger partial charge is 0.0720 e. The molecule has 0 saturated heterocycles. The molecule has 0 aliphatic heterocycles. The van der Waals surface area contributed by atoms with Gasteiger partial charge in [0.1, 0.15) is 0 Å². The van der Waals surface area contributed by atoms with Gasteiger partial charge in [0.25, 0.3) is 0 Å². The minimum Gasteiger partial charge on any atom is -0.0720 e. The molecular weight excluding hydrogens is 304 g/mol. The summed E-state index contributed by atoms with van der Waals surface area (Å²) in [5.74, 6) is 0.651. The summed E-state index contributed by atoms with van der Waals surface area (Å²) >= 11 is 7.31. The molecule has 1 atom stereocenters. The highest BCUT2D eigenvalue weighted by Gasteiger charge is 2.50. The molecule has 14 heavy (non-hydrogen) atoms. The highest BCUT2D eigenvalue weighted by molar-refractivity contribution is 9.25. The zero-order valence-electron chi connectivity index (χ0n) is 8.26. The average Bonchev–Trinajstić information content (AvgIpc) is 2.77. The fourth-order valence-electron chi connectivity index (χ4n) is 1.78. The predicted octanol–water partition coefficient (Wildman–Crippen LogP) is 4.61. The predicted molar refractivity (Wildman–Crippen MR) is 68.4 cm³/mol. The molecule has 0 spiro atoms. The van der Waals surface area contributed by atoms with Crippen LogP contribution in [-0.2, 0) is 6.42 Å². The topological polar surface area (TPSA) is 0 Å². The van der Waals surface area contributed by atoms with Gasteiger partial charge in [-0.05, 0) is 24.0 Å². The van der Waals surface area contributed by atoms with Gasteiger partial charge < -0.3 is 0 Å². The Balaban J connectivity index is 2.08. The first-order valence-electron chi connectivity index (χ1n) is 5.10. The molecular formula is C12H14Br2. The maximum atomic E-state index is 3.66. The third-order valence-corrected chi connectivity index (χ3v) is 4.50. The third kappa shape index (κ3) is 2.22. The minimum atomic E-state index is 0.187. The standard InChI is InChI=1S/C12H14Br2/c1-2-3-9-4-6-10(7-5-9)11-8-12(11,13)14/h4-7,11H,2-3,8H2,1H3. The van der Waals surface area contributed by atoms with Crippen LogP contribution in [0.2, 0.25) is 0 Å². The van der Waals surface area contributed by atoms with Crippen LogP contribution >= 0.6 is 31.9 Å². The molecule has 0 bridgehead atoms. The number of rotatable bonds is 3. The number of hydrogen-bond acceptors (Lipinski definition) is 0. The van der Waals surface area contributed by atoms with Gasteiger partial charge in [0, 0.05) is 5.92 Å². The lowest BCUT2D eigenvalue weighted by molar-refractivity contribution is 0.919. The fourth-order valence-corrected chi connectivity index (χ4v) is 2.96. The second-order valence-electron chi connectivity index (χ2n) is 4.01. The van der Waals surface area contributed by atoms with E-state index in [1.54, 1.807) is 0 Å². The van der Waals surface area contributed by atoms with Crippen LogP contribution in [0.3, 0.4) is 0 Å². The molecule has 1 aliphatic carbocycles. The Hall–Kier alpha value is 0.180. The van der Waals surface area contributed by atoms with Crippen molar-refractivity contribution in [1.82, 2.24) is 0 Å². The van der Waals surface area contributed by atoms with E-state index in [4.69, 9.17) is 0 Å². The lowest BCUT2D eigenvalue weighted by atomic mass is 10.1. The van der Waals surface area contributed by atoms with Gasteiger partial charge in [-0.1, -0.05) is 69.5 Å². The molecule has 0 aromatic heterocycles. The van der Waals surface area contributed by atoms with E-state index in [1.807, 2.05) is 0 Å². The molecule has 1 aromatic rings. The number of alkyl halides is 2. The zero-order valence-corrected chi connectivity index (χ0v) is 11.4. The van der Waals surface area contributed by atoms with Crippen LogP contribution in [0.4, 0.5) is 0 Å². The largest absolute Gasteiger partial charge is 0.0881 e. The lowest BCUT2D eigenvalue weighted by Gasteiger charge is -2.03. The summed E-state index contributed by atoms with van der Waals surface area (Å²) in [5.41, 5.74) is 2.89. The minimum absolute atomic E-state index is 0.187. The number of halogens is 2. The van der Waals surface area contributed by atoms with Crippen molar-refractivity contribution in [2.75, 3.05) is 0 Å². The van der Waals surface area contributed by atoms with E-state index in [0.717, 1.165) is 0 Å². The molecule has 76 valence electrons. The number of benzene rings is 1. The first-order valence-corrected chi connectivity index (χ1v) is 6.69. The Morgan fingerprint density at radius 3 is 2.29 bits per heavy atom. The molecule has 0 N–H and O–H groups in total. The maximum absolute atomic E-state index is 3.66. The van der Waals surface area contributed by atoms with Crippen LogP contribution in [0, 0.1) is 0 Å². The molecule has 0 heterocycles. The summed E-state index contributed by atoms with van der Waals surface area (Å²) in [6, 6.07) is 9.04. The summed E-state index contributed by atoms with van der Waals surface area (Å²) in [6.07, 6.45) is 3.61. The van der Waals surface area contributed by atoms with Crippen molar-refractivity contribution >= 4 is 31.9 Å². The third-order valence-electron chi connectivity index (χ3n) is 2.75. The highest BCUT2D eigenvalue weighted by Crippen LogP contribution is 2.62. The first kappa shape index (κ1) is 10.7. The van der Waals surface area contributed by atoms with Crippen LogP contribution in [0.25, 0.3) is 0 Å². The Bertz CT molecular complexity index is 314. The van der Waals surface area contributed by atoms with Crippen molar-refractivity contribution in [2.24, 2.45) is 0 Å². The monoisotopic (exact) mass is 316 g/mol. The zero-order chi connectivity index (χ0) is 10.2. The quantitative estimate of drug-likeness (QED) is 0.714. The Labute approximate surface area is 102 Å². The highest BCUT2D eigenvalue weighted by atomic mass is 79.9. The first-order chi connectivity index (χ1) is 6.63. The Kier molecular flexibility index (Phi) is 3.03. The van der Waals surface area contributed by atoms with Crippen molar-refractivity contribution in [1.29, 1.82) is 0 Å². The molecule has 1 aromatic carbocycles. The van der Waals surface area contributed by atoms with Gasteiger partial charge >= 0.3 is 0 Å². The molecule has 1 unspecified atom stereocenters. The Morgan fingerprint density at radius 2 is 1.86 bits per heavy atom. The van der Waals surface area contributed by atoms with E-state index in [9.17, 15) is 0 Å². The van der Waals surface area contributed by atoms with Crippen LogP contribution in [-0.4, -0.2) is 3.23 Å². The maximum Gasteiger partial charge on any atom is 0.0881 e. The summed E-state index contributed by atoms with van der Waals surface area (Å²) in [6.45, 7) is 2.22. The van der Waals surface area contributed by atoms with E-state index in [2.05, 4.69) is 63.0 Å². The van der Waals surface area contributed by atoms with Crippen molar-refractivity contribution in [3.05, 3.63) is 35.4 Å². The molecule has 0 amide bonds. The van der Waals surface area contributed by atoms with Crippen molar-refractivity contribution in [3.8, 4) is 0 Å². The van der Waals surface area contributed by atoms with Gasteiger partial charge in [0.05, 0.1) is 3.23 Å². The van der Waals surface area contributed by atoms with Crippen LogP contribution < -0.4 is 0 Å². The molecule has 0 nitrogen and oxygen atoms in total. The normalized spacial score (nSPS) is 23.5. The summed E-state index contributed by atoms with van der Waals surface area (Å²) in [7, 11) is 0. The van der Waals surface area contributed by atoms with Crippen molar-refractivity contribution in [2.45, 2.75) is 35.3 Å². The SMILES string of the molecule is CCCc1ccc(C2CC2(Br)Br)cc1. The molecule has 1 fully saturated rings. The fraction of sp³-hybridized carbons (Fsp3) is 0.500. The van der Waals surface area contributed by atoms with E-state index in [-0.39, 0.29) is 3.23 Å². The molecule has 0 radical (unpaired) electrons. The second kappa shape index (κ2) is 3.97. The van der Waals surface area contributed by atoms with E-state index in [1.165, 1.54) is 30.4 Å². The van der Waals surface area contributed by atoms with Gasteiger partial charge in [-0.25, -0.2) is 0 Å². The molecule has 1 aliphatic rings. The van der Waals surface area contributed by atoms with Gasteiger partial charge in [0.15, 0.2) is 0 Å². The van der Waals surface area contributed by atoms with Gasteiger partial charge in [-0.15, -0.1) is 0 Å². The summed E-state index contributed by atoms with van der Waals surface area (Å²) in [4.78, 5) is 0. The molecule has 1 saturated carbocycles. The van der Waals surface area contributed by atoms with Crippen LogP contribution in [0.5, 0.6) is 0 Å². The van der Waals surface area contributed by atoms with Crippen LogP contribution in [0.1, 0.15) is 36.8 Å². The second-order valence-corrected chi connectivity index (χ2v) is 7.90. The number of hydrogen-bond donors (Lipinski definition) is 0. The van der Waals surface area contributed by atoms with Gasteiger partial charge in [0.2, 0.25) is 0 Å². The average molecular weight is 318 g/mol. The number of aryl methyl sites for hydroxylation is 1. The lowest BCUT2D eigenvalue weighted by Crippen LogP contribution is -1.89. The summed E-state index contributed by atoms with van der Waals surface area (Å²) < 4.78 is 0.187. The van der Waals surface area contributed by atoms with Crippen molar-refractivity contribution in [3.63, 3.8) is 0 Å². The van der Waals surface area contributed by atoms with E-state index < -0.39 is 0 Å². The van der Waals surface area contributed by atoms with E-state index >= 15 is 0 Å². The van der Waals surface area contributed by atoms with Crippen molar-refractivity contribution < 1.29 is 0 Å². The molecule has 2 rings (SSSR count). The summed E-state index contributed by atoms with van der Waals surface area (Å²) in [5, 5.41) is 0. The molecule has 2 heteroatoms. The van der Waals surface area contributed by atoms with Crippen LogP contribution in [0.15, 0.2) is 24.3 Å². The van der Waals surface area contributed by atoms with Gasteiger partial charge in [-0.3, -0.25) is 0 Å². The Morgan fingerprint density at radius 1 is 1.29 bits per heavy atom. The van der Waals surface area contributed by atoms with Gasteiger partial charge in [-0.2, -0.15) is 0 Å².